The highest BCUT2D eigenvalue weighted by Gasteiger charge is 2.56. The molecule has 10 N–H and O–H groups in total. The van der Waals surface area contributed by atoms with Crippen LogP contribution in [0, 0.1) is 11.3 Å². The number of aliphatic hydroxyl groups excluding tert-OH is 3. The van der Waals surface area contributed by atoms with Crippen LogP contribution in [0.25, 0.3) is 0 Å². The molecule has 66 heavy (non-hydrogen) atoms. The van der Waals surface area contributed by atoms with E-state index in [1.54, 1.807) is 62.3 Å². The number of nitrogens with zero attached hydrogens (tertiary/aromatic N) is 2. The van der Waals surface area contributed by atoms with E-state index in [4.69, 9.17) is 34.2 Å². The lowest BCUT2D eigenvalue weighted by molar-refractivity contribution is -0.306. The molecule has 12 atom stereocenters. The van der Waals surface area contributed by atoms with Gasteiger partial charge in [-0.05, 0) is 114 Å². The molecule has 21 heteroatoms. The van der Waals surface area contributed by atoms with Crippen LogP contribution < -0.4 is 27.0 Å². The summed E-state index contributed by atoms with van der Waals surface area (Å²) in [5.41, 5.74) is 1.49. The number of ether oxygens (including phenoxy) is 6. The molecule has 2 fully saturated rings. The van der Waals surface area contributed by atoms with E-state index < -0.39 is 120 Å². The van der Waals surface area contributed by atoms with Gasteiger partial charge in [-0.2, -0.15) is 0 Å². The number of hydrogen-bond acceptors (Lipinski definition) is 17. The Hall–Kier alpha value is -3.54. The number of aliphatic hydroxyl groups is 4. The normalized spacial score (nSPS) is 30.3. The molecule has 4 amide bonds. The van der Waals surface area contributed by atoms with Gasteiger partial charge in [0.1, 0.15) is 52.6 Å². The lowest BCUT2D eigenvalue weighted by Gasteiger charge is -2.52. The minimum Gasteiger partial charge on any atom is -0.492 e. The van der Waals surface area contributed by atoms with Crippen molar-refractivity contribution in [2.45, 2.75) is 186 Å². The van der Waals surface area contributed by atoms with Crippen molar-refractivity contribution in [3.8, 4) is 0 Å². The van der Waals surface area contributed by atoms with Crippen molar-refractivity contribution in [1.29, 1.82) is 0 Å². The summed E-state index contributed by atoms with van der Waals surface area (Å²) in [6.45, 7) is 21.5. The van der Waals surface area contributed by atoms with Gasteiger partial charge in [-0.3, -0.25) is 4.79 Å². The van der Waals surface area contributed by atoms with E-state index in [2.05, 4.69) is 40.0 Å². The third-order valence-corrected chi connectivity index (χ3v) is 11.1. The smallest absolute Gasteiger partial charge is 0.410 e. The van der Waals surface area contributed by atoms with Crippen LogP contribution in [0.3, 0.4) is 0 Å². The number of carbonyl (C=O) groups is 4. The molecule has 2 heterocycles. The summed E-state index contributed by atoms with van der Waals surface area (Å²) in [6, 6.07) is -4.00. The van der Waals surface area contributed by atoms with Crippen molar-refractivity contribution in [1.82, 2.24) is 31.1 Å². The summed E-state index contributed by atoms with van der Waals surface area (Å²) in [7, 11) is 5.32. The van der Waals surface area contributed by atoms with Gasteiger partial charge < -0.3 is 85.6 Å². The molecule has 21 nitrogen and oxygen atoms in total. The molecule has 1 saturated heterocycles. The summed E-state index contributed by atoms with van der Waals surface area (Å²) in [5, 5.41) is 59.1. The Morgan fingerprint density at radius 3 is 2.03 bits per heavy atom. The fourth-order valence-electron chi connectivity index (χ4n) is 8.66. The third kappa shape index (κ3) is 17.2. The van der Waals surface area contributed by atoms with Gasteiger partial charge in [0.05, 0.1) is 31.3 Å². The second kappa shape index (κ2) is 22.7. The van der Waals surface area contributed by atoms with Crippen LogP contribution in [0.4, 0.5) is 14.4 Å². The summed E-state index contributed by atoms with van der Waals surface area (Å²) >= 11 is 0. The molecule has 382 valence electrons. The SMILES string of the molecule is CN(C)CC(C)(C)CN[C@@H]1CC=C(CN)OC1[C@H]1[C@H](O)[C@@H](O[C@H]2OC[C@](C)(O)[C@H](N(C)C(=O)OC(C)(C)C)[C@H]2O)[C@H](NC(=O)[C@@H](O)CCNC(=O)OC(C)(C)C)C[C@@H]1NC(=O)OC(C)(C)C. The molecular formula is C45H83N7O14. The number of alkyl carbamates (subject to hydrolysis) is 2. The van der Waals surface area contributed by atoms with Gasteiger partial charge in [-0.1, -0.05) is 13.8 Å². The fourth-order valence-corrected chi connectivity index (χ4v) is 8.66. The molecule has 1 aliphatic carbocycles. The third-order valence-electron chi connectivity index (χ3n) is 11.1. The average Bonchev–Trinajstić information content (AvgIpc) is 3.13. The number of carbonyl (C=O) groups excluding carboxylic acids is 4. The van der Waals surface area contributed by atoms with E-state index in [0.717, 1.165) is 11.4 Å². The molecule has 0 aromatic carbocycles. The first-order valence-electron chi connectivity index (χ1n) is 22.8. The summed E-state index contributed by atoms with van der Waals surface area (Å²) in [4.78, 5) is 56.2. The molecule has 3 aliphatic rings. The van der Waals surface area contributed by atoms with Crippen molar-refractivity contribution < 1.29 is 68.0 Å². The monoisotopic (exact) mass is 946 g/mol. The van der Waals surface area contributed by atoms with Crippen LogP contribution in [0.15, 0.2) is 11.8 Å². The van der Waals surface area contributed by atoms with E-state index in [9.17, 15) is 39.6 Å². The molecule has 2 aliphatic heterocycles. The highest BCUT2D eigenvalue weighted by atomic mass is 16.7. The molecule has 0 aromatic heterocycles. The zero-order chi connectivity index (χ0) is 50.3. The molecule has 3 rings (SSSR count). The van der Waals surface area contributed by atoms with Crippen molar-refractivity contribution in [3.05, 3.63) is 11.8 Å². The Kier molecular flexibility index (Phi) is 19.5. The lowest BCUT2D eigenvalue weighted by Crippen LogP contribution is -2.71. The van der Waals surface area contributed by atoms with Crippen LogP contribution in [-0.2, 0) is 33.2 Å². The minimum atomic E-state index is -1.81. The summed E-state index contributed by atoms with van der Waals surface area (Å²) in [6.07, 6.45) is -9.47. The quantitative estimate of drug-likeness (QED) is 0.0986. The molecule has 0 spiro atoms. The second-order valence-electron chi connectivity index (χ2n) is 22.2. The molecule has 0 bridgehead atoms. The lowest BCUT2D eigenvalue weighted by atomic mass is 9.72. The fraction of sp³-hybridized carbons (Fsp3) is 0.867. The maximum atomic E-state index is 13.8. The Balaban J connectivity index is 2.12. The van der Waals surface area contributed by atoms with Crippen molar-refractivity contribution in [3.63, 3.8) is 0 Å². The Morgan fingerprint density at radius 2 is 1.47 bits per heavy atom. The van der Waals surface area contributed by atoms with Crippen LogP contribution in [0.5, 0.6) is 0 Å². The van der Waals surface area contributed by atoms with Gasteiger partial charge >= 0.3 is 18.3 Å². The van der Waals surface area contributed by atoms with Gasteiger partial charge in [0.15, 0.2) is 6.29 Å². The van der Waals surface area contributed by atoms with Gasteiger partial charge in [0, 0.05) is 44.7 Å². The minimum absolute atomic E-state index is 0.0379. The first-order chi connectivity index (χ1) is 30.1. The van der Waals surface area contributed by atoms with Crippen LogP contribution in [-0.4, -0.2) is 192 Å². The number of likely N-dealkylation sites (N-methyl/N-ethyl adjacent to an activating group) is 1. The summed E-state index contributed by atoms with van der Waals surface area (Å²) in [5.74, 6) is -1.47. The van der Waals surface area contributed by atoms with E-state index in [-0.39, 0.29) is 31.3 Å². The van der Waals surface area contributed by atoms with Crippen molar-refractivity contribution >= 4 is 24.2 Å². The number of amides is 4. The van der Waals surface area contributed by atoms with Crippen molar-refractivity contribution in [2.75, 3.05) is 53.9 Å². The van der Waals surface area contributed by atoms with Crippen LogP contribution in [0.1, 0.15) is 102 Å². The van der Waals surface area contributed by atoms with E-state index in [0.29, 0.717) is 18.7 Å². The number of nitrogens with two attached hydrogens (primary N) is 1. The maximum Gasteiger partial charge on any atom is 0.410 e. The van der Waals surface area contributed by atoms with E-state index in [1.807, 2.05) is 20.2 Å². The number of rotatable bonds is 16. The Labute approximate surface area is 391 Å². The van der Waals surface area contributed by atoms with Crippen LogP contribution in [0.2, 0.25) is 0 Å². The number of hydrogen-bond donors (Lipinski definition) is 9. The zero-order valence-corrected chi connectivity index (χ0v) is 41.9. The van der Waals surface area contributed by atoms with E-state index in [1.165, 1.54) is 14.0 Å². The molecule has 1 unspecified atom stereocenters. The van der Waals surface area contributed by atoms with Gasteiger partial charge in [-0.15, -0.1) is 0 Å². The first-order valence-corrected chi connectivity index (χ1v) is 22.8. The van der Waals surface area contributed by atoms with Gasteiger partial charge in [0.25, 0.3) is 0 Å². The molecular weight excluding hydrogens is 863 g/mol. The molecule has 0 aromatic rings. The van der Waals surface area contributed by atoms with Gasteiger partial charge in [-0.25, -0.2) is 14.4 Å². The number of nitrogens with one attached hydrogen (secondary N) is 4. The molecule has 0 radical (unpaired) electrons. The first kappa shape index (κ1) is 56.8. The highest BCUT2D eigenvalue weighted by molar-refractivity contribution is 5.81. The predicted molar refractivity (Wildman–Crippen MR) is 244 cm³/mol. The standard InChI is InChI=1S/C45H83N7O14/c1-41(2,3)64-38(57)47-19-18-29(53)36(56)49-28-20-27(50-39(58)65-42(4,5)6)30(33-26(17-16-25(21-46)62-33)48-22-44(10,11)23-51(13)14)31(54)34(28)63-37-32(55)35(45(12,60)24-61-37)52(15)40(59)66-43(7,8)9/h16,26-35,37,48,53-55,60H,17-24,46H2,1-15H3,(H,47,57)(H,49,56)(H,50,58)/t26-,27+,28-,29+,30-,31+,32-,33?,34+,35-,37-,45+/m1/s1. The summed E-state index contributed by atoms with van der Waals surface area (Å²) < 4.78 is 35.5. The van der Waals surface area contributed by atoms with Crippen molar-refractivity contribution in [2.24, 2.45) is 17.1 Å². The Morgan fingerprint density at radius 1 is 0.879 bits per heavy atom. The molecule has 1 saturated carbocycles. The average molecular weight is 946 g/mol. The van der Waals surface area contributed by atoms with Gasteiger partial charge in [0.2, 0.25) is 5.91 Å². The van der Waals surface area contributed by atoms with Crippen LogP contribution >= 0.6 is 0 Å². The zero-order valence-electron chi connectivity index (χ0n) is 41.9. The highest BCUT2D eigenvalue weighted by Crippen LogP contribution is 2.39. The Bertz CT molecular complexity index is 1660. The maximum absolute atomic E-state index is 13.8. The topological polar surface area (TPSA) is 285 Å². The predicted octanol–water partition coefficient (Wildman–Crippen LogP) is 1.29. The second-order valence-corrected chi connectivity index (χ2v) is 22.2. The van der Waals surface area contributed by atoms with E-state index >= 15 is 0 Å². The largest absolute Gasteiger partial charge is 0.492 e.